The smallest absolute Gasteiger partial charge is 0.257 e. The Hall–Kier alpha value is -2.07. The first-order chi connectivity index (χ1) is 9.70. The fourth-order valence-electron chi connectivity index (χ4n) is 1.75. The second kappa shape index (κ2) is 6.91. The zero-order chi connectivity index (χ0) is 14.4. The molecule has 0 radical (unpaired) electrons. The molecule has 1 amide bonds. The molecule has 0 saturated heterocycles. The zero-order valence-electron chi connectivity index (χ0n) is 11.2. The van der Waals surface area contributed by atoms with Gasteiger partial charge in [0.25, 0.3) is 5.91 Å². The van der Waals surface area contributed by atoms with Crippen LogP contribution < -0.4 is 10.6 Å². The number of halogens is 1. The van der Waals surface area contributed by atoms with E-state index in [0.29, 0.717) is 16.3 Å². The Morgan fingerprint density at radius 2 is 2.20 bits per heavy atom. The molecular formula is C15H16ClN3O. The minimum Gasteiger partial charge on any atom is -0.384 e. The summed E-state index contributed by atoms with van der Waals surface area (Å²) in [5, 5.41) is 6.55. The van der Waals surface area contributed by atoms with Crippen molar-refractivity contribution in [3.05, 3.63) is 53.3 Å². The van der Waals surface area contributed by atoms with Crippen molar-refractivity contribution in [2.75, 3.05) is 17.2 Å². The molecule has 1 aromatic heterocycles. The Kier molecular flexibility index (Phi) is 4.96. The number of carbonyl (C=O) groups excluding carboxylic acids is 1. The number of nitrogens with zero attached hydrogens (tertiary/aromatic N) is 1. The summed E-state index contributed by atoms with van der Waals surface area (Å²) in [6.07, 6.45) is 4.23. The summed E-state index contributed by atoms with van der Waals surface area (Å²) in [5.41, 5.74) is 1.95. The van der Waals surface area contributed by atoms with Crippen LogP contribution in [0.3, 0.4) is 0 Å². The van der Waals surface area contributed by atoms with Crippen molar-refractivity contribution in [1.29, 1.82) is 0 Å². The minimum atomic E-state index is -0.209. The van der Waals surface area contributed by atoms with Gasteiger partial charge in [-0.05, 0) is 36.8 Å². The van der Waals surface area contributed by atoms with Crippen LogP contribution in [-0.4, -0.2) is 17.4 Å². The van der Waals surface area contributed by atoms with E-state index in [4.69, 9.17) is 11.6 Å². The average molecular weight is 290 g/mol. The first-order valence-electron chi connectivity index (χ1n) is 6.45. The van der Waals surface area contributed by atoms with E-state index in [0.717, 1.165) is 18.7 Å². The second-order valence-electron chi connectivity index (χ2n) is 4.31. The molecule has 0 aliphatic carbocycles. The largest absolute Gasteiger partial charge is 0.384 e. The van der Waals surface area contributed by atoms with Crippen LogP contribution in [0.25, 0.3) is 0 Å². The number of anilines is 2. The van der Waals surface area contributed by atoms with Crippen LogP contribution in [0.15, 0.2) is 42.7 Å². The van der Waals surface area contributed by atoms with Crippen molar-refractivity contribution in [3.8, 4) is 0 Å². The lowest BCUT2D eigenvalue weighted by Gasteiger charge is -2.12. The average Bonchev–Trinajstić information content (AvgIpc) is 2.47. The molecule has 5 heteroatoms. The molecule has 0 atom stereocenters. The van der Waals surface area contributed by atoms with Gasteiger partial charge in [-0.1, -0.05) is 18.5 Å². The summed E-state index contributed by atoms with van der Waals surface area (Å²) < 4.78 is 0. The highest BCUT2D eigenvalue weighted by Crippen LogP contribution is 2.22. The molecule has 2 N–H and O–H groups in total. The topological polar surface area (TPSA) is 54.0 Å². The molecular weight excluding hydrogens is 274 g/mol. The van der Waals surface area contributed by atoms with Gasteiger partial charge in [0.2, 0.25) is 0 Å². The van der Waals surface area contributed by atoms with E-state index in [1.54, 1.807) is 36.7 Å². The Bertz CT molecular complexity index is 587. The summed E-state index contributed by atoms with van der Waals surface area (Å²) in [6, 6.07) is 8.79. The summed E-state index contributed by atoms with van der Waals surface area (Å²) in [6.45, 7) is 2.87. The summed E-state index contributed by atoms with van der Waals surface area (Å²) in [4.78, 5) is 16.3. The molecule has 0 bridgehead atoms. The number of rotatable bonds is 5. The molecule has 0 saturated carbocycles. The van der Waals surface area contributed by atoms with E-state index in [-0.39, 0.29) is 5.91 Å². The molecule has 1 heterocycles. The standard InChI is InChI=1S/C15H16ClN3O/c1-2-7-18-14-6-5-11(16)9-13(14)15(20)19-12-4-3-8-17-10-12/h3-6,8-10,18H,2,7H2,1H3,(H,19,20). The van der Waals surface area contributed by atoms with Crippen molar-refractivity contribution >= 4 is 28.9 Å². The van der Waals surface area contributed by atoms with Crippen LogP contribution in [0, 0.1) is 0 Å². The maximum Gasteiger partial charge on any atom is 0.257 e. The van der Waals surface area contributed by atoms with Gasteiger partial charge in [0.15, 0.2) is 0 Å². The van der Waals surface area contributed by atoms with Gasteiger partial charge >= 0.3 is 0 Å². The Balaban J connectivity index is 2.21. The van der Waals surface area contributed by atoms with Gasteiger partial charge in [-0.25, -0.2) is 0 Å². The molecule has 2 aromatic rings. The molecule has 4 nitrogen and oxygen atoms in total. The predicted molar refractivity (Wildman–Crippen MR) is 82.4 cm³/mol. The third kappa shape index (κ3) is 3.71. The number of benzene rings is 1. The lowest BCUT2D eigenvalue weighted by Crippen LogP contribution is -2.15. The number of amides is 1. The molecule has 104 valence electrons. The third-order valence-electron chi connectivity index (χ3n) is 2.71. The molecule has 20 heavy (non-hydrogen) atoms. The summed E-state index contributed by atoms with van der Waals surface area (Å²) >= 11 is 5.98. The predicted octanol–water partition coefficient (Wildman–Crippen LogP) is 3.81. The lowest BCUT2D eigenvalue weighted by molar-refractivity contribution is 0.102. The SMILES string of the molecule is CCCNc1ccc(Cl)cc1C(=O)Nc1cccnc1. The zero-order valence-corrected chi connectivity index (χ0v) is 11.9. The van der Waals surface area contributed by atoms with Crippen LogP contribution in [0.2, 0.25) is 5.02 Å². The van der Waals surface area contributed by atoms with Crippen molar-refractivity contribution in [1.82, 2.24) is 4.98 Å². The van der Waals surface area contributed by atoms with E-state index in [1.807, 2.05) is 6.07 Å². The lowest BCUT2D eigenvalue weighted by atomic mass is 10.1. The molecule has 2 rings (SSSR count). The van der Waals surface area contributed by atoms with E-state index in [9.17, 15) is 4.79 Å². The van der Waals surface area contributed by atoms with Gasteiger partial charge in [-0.2, -0.15) is 0 Å². The number of carbonyl (C=O) groups is 1. The Morgan fingerprint density at radius 1 is 1.35 bits per heavy atom. The molecule has 0 unspecified atom stereocenters. The van der Waals surface area contributed by atoms with Crippen LogP contribution in [0.5, 0.6) is 0 Å². The van der Waals surface area contributed by atoms with Crippen molar-refractivity contribution in [2.45, 2.75) is 13.3 Å². The van der Waals surface area contributed by atoms with Crippen LogP contribution >= 0.6 is 11.6 Å². The van der Waals surface area contributed by atoms with Gasteiger partial charge in [-0.3, -0.25) is 9.78 Å². The Labute approximate surface area is 123 Å². The summed E-state index contributed by atoms with van der Waals surface area (Å²) in [5.74, 6) is -0.209. The quantitative estimate of drug-likeness (QED) is 0.880. The first kappa shape index (κ1) is 14.3. The highest BCUT2D eigenvalue weighted by Gasteiger charge is 2.12. The second-order valence-corrected chi connectivity index (χ2v) is 4.75. The Morgan fingerprint density at radius 3 is 2.90 bits per heavy atom. The molecule has 0 aliphatic rings. The monoisotopic (exact) mass is 289 g/mol. The van der Waals surface area contributed by atoms with Gasteiger partial charge < -0.3 is 10.6 Å². The molecule has 1 aromatic carbocycles. The fraction of sp³-hybridized carbons (Fsp3) is 0.200. The van der Waals surface area contributed by atoms with Crippen LogP contribution in [-0.2, 0) is 0 Å². The number of hydrogen-bond acceptors (Lipinski definition) is 3. The van der Waals surface area contributed by atoms with E-state index in [1.165, 1.54) is 0 Å². The minimum absolute atomic E-state index is 0.209. The van der Waals surface area contributed by atoms with Gasteiger partial charge in [0, 0.05) is 23.5 Å². The van der Waals surface area contributed by atoms with Crippen molar-refractivity contribution in [2.24, 2.45) is 0 Å². The highest BCUT2D eigenvalue weighted by molar-refractivity contribution is 6.31. The van der Waals surface area contributed by atoms with E-state index < -0.39 is 0 Å². The normalized spacial score (nSPS) is 10.1. The van der Waals surface area contributed by atoms with Gasteiger partial charge in [0.05, 0.1) is 17.4 Å². The van der Waals surface area contributed by atoms with Crippen molar-refractivity contribution in [3.63, 3.8) is 0 Å². The van der Waals surface area contributed by atoms with E-state index in [2.05, 4.69) is 22.5 Å². The van der Waals surface area contributed by atoms with E-state index >= 15 is 0 Å². The maximum absolute atomic E-state index is 12.3. The number of hydrogen-bond donors (Lipinski definition) is 2. The molecule has 0 spiro atoms. The number of nitrogens with one attached hydrogen (secondary N) is 2. The highest BCUT2D eigenvalue weighted by atomic mass is 35.5. The third-order valence-corrected chi connectivity index (χ3v) is 2.95. The van der Waals surface area contributed by atoms with Gasteiger partial charge in [0.1, 0.15) is 0 Å². The summed E-state index contributed by atoms with van der Waals surface area (Å²) in [7, 11) is 0. The molecule has 0 aliphatic heterocycles. The number of pyridine rings is 1. The molecule has 0 fully saturated rings. The van der Waals surface area contributed by atoms with Crippen LogP contribution in [0.1, 0.15) is 23.7 Å². The van der Waals surface area contributed by atoms with Crippen molar-refractivity contribution < 1.29 is 4.79 Å². The van der Waals surface area contributed by atoms with Gasteiger partial charge in [-0.15, -0.1) is 0 Å². The fourth-order valence-corrected chi connectivity index (χ4v) is 1.93. The maximum atomic E-state index is 12.3. The first-order valence-corrected chi connectivity index (χ1v) is 6.83. The van der Waals surface area contributed by atoms with Crippen LogP contribution in [0.4, 0.5) is 11.4 Å². The number of aromatic nitrogens is 1.